The third kappa shape index (κ3) is 5.14. The number of hydrogen-bond donors (Lipinski definition) is 1. The Hall–Kier alpha value is -1.14. The van der Waals surface area contributed by atoms with E-state index < -0.39 is 0 Å². The maximum atomic E-state index is 10.8. The van der Waals surface area contributed by atoms with E-state index in [4.69, 9.17) is 5.73 Å². The Balaban J connectivity index is 2.50. The first-order valence-corrected chi connectivity index (χ1v) is 6.11. The van der Waals surface area contributed by atoms with E-state index in [9.17, 15) is 9.59 Å². The second-order valence-corrected chi connectivity index (χ2v) is 4.27. The molecule has 6 nitrogen and oxygen atoms in total. The molecule has 98 valence electrons. The van der Waals surface area contributed by atoms with Crippen LogP contribution in [0.25, 0.3) is 0 Å². The van der Waals surface area contributed by atoms with Crippen molar-refractivity contribution in [2.45, 2.75) is 6.42 Å². The van der Waals surface area contributed by atoms with Crippen LogP contribution in [0.3, 0.4) is 0 Å². The molecule has 0 unspecified atom stereocenters. The van der Waals surface area contributed by atoms with Crippen LogP contribution < -0.4 is 5.73 Å². The van der Waals surface area contributed by atoms with Crippen LogP contribution >= 0.6 is 0 Å². The Kier molecular flexibility index (Phi) is 6.57. The quantitative estimate of drug-likeness (QED) is 0.600. The summed E-state index contributed by atoms with van der Waals surface area (Å²) in [6.45, 7) is 5.99. The molecule has 0 radical (unpaired) electrons. The average molecular weight is 242 g/mol. The molecule has 0 spiro atoms. The van der Waals surface area contributed by atoms with Crippen molar-refractivity contribution in [2.24, 2.45) is 5.73 Å². The summed E-state index contributed by atoms with van der Waals surface area (Å²) in [6, 6.07) is 0. The summed E-state index contributed by atoms with van der Waals surface area (Å²) in [4.78, 5) is 27.4. The average Bonchev–Trinajstić information content (AvgIpc) is 2.46. The SMILES string of the molecule is NCCCN1CCN(C=O)CCN(C=O)CC1. The van der Waals surface area contributed by atoms with E-state index in [1.165, 1.54) is 0 Å². The van der Waals surface area contributed by atoms with Crippen molar-refractivity contribution in [3.05, 3.63) is 0 Å². The first-order valence-electron chi connectivity index (χ1n) is 6.11. The van der Waals surface area contributed by atoms with Gasteiger partial charge in [0.1, 0.15) is 0 Å². The van der Waals surface area contributed by atoms with Crippen molar-refractivity contribution in [2.75, 3.05) is 52.4 Å². The van der Waals surface area contributed by atoms with Gasteiger partial charge in [-0.15, -0.1) is 0 Å². The molecule has 6 heteroatoms. The maximum Gasteiger partial charge on any atom is 0.209 e. The maximum absolute atomic E-state index is 10.8. The first kappa shape index (κ1) is 13.9. The lowest BCUT2D eigenvalue weighted by Gasteiger charge is -2.23. The molecule has 2 amide bonds. The Labute approximate surface area is 102 Å². The van der Waals surface area contributed by atoms with Crippen LogP contribution in [0, 0.1) is 0 Å². The van der Waals surface area contributed by atoms with Gasteiger partial charge in [-0.25, -0.2) is 0 Å². The van der Waals surface area contributed by atoms with Gasteiger partial charge in [-0.05, 0) is 19.5 Å². The van der Waals surface area contributed by atoms with Gasteiger partial charge < -0.3 is 15.5 Å². The molecule has 0 aliphatic carbocycles. The predicted molar refractivity (Wildman–Crippen MR) is 65.4 cm³/mol. The molecule has 0 aromatic carbocycles. The zero-order valence-electron chi connectivity index (χ0n) is 10.3. The van der Waals surface area contributed by atoms with Gasteiger partial charge in [0.25, 0.3) is 0 Å². The highest BCUT2D eigenvalue weighted by atomic mass is 16.1. The molecule has 0 bridgehead atoms. The van der Waals surface area contributed by atoms with E-state index in [1.54, 1.807) is 9.80 Å². The largest absolute Gasteiger partial charge is 0.342 e. The van der Waals surface area contributed by atoms with Crippen LogP contribution in [0.4, 0.5) is 0 Å². The van der Waals surface area contributed by atoms with E-state index in [0.29, 0.717) is 19.6 Å². The molecule has 1 rings (SSSR count). The summed E-state index contributed by atoms with van der Waals surface area (Å²) >= 11 is 0. The number of nitrogens with zero attached hydrogens (tertiary/aromatic N) is 3. The smallest absolute Gasteiger partial charge is 0.209 e. The molecule has 17 heavy (non-hydrogen) atoms. The van der Waals surface area contributed by atoms with E-state index in [2.05, 4.69) is 4.90 Å². The van der Waals surface area contributed by atoms with Crippen LogP contribution in [-0.2, 0) is 9.59 Å². The predicted octanol–water partition coefficient (Wildman–Crippen LogP) is -1.43. The molecule has 0 atom stereocenters. The summed E-state index contributed by atoms with van der Waals surface area (Å²) in [5.41, 5.74) is 5.49. The molecule has 1 saturated heterocycles. The number of carbonyl (C=O) groups is 2. The van der Waals surface area contributed by atoms with Crippen molar-refractivity contribution in [1.29, 1.82) is 0 Å². The lowest BCUT2D eigenvalue weighted by molar-refractivity contribution is -0.121. The molecule has 0 saturated carbocycles. The van der Waals surface area contributed by atoms with Crippen LogP contribution in [-0.4, -0.2) is 79.9 Å². The zero-order chi connectivity index (χ0) is 12.5. The minimum atomic E-state index is 0.618. The summed E-state index contributed by atoms with van der Waals surface area (Å²) in [6.07, 6.45) is 2.66. The normalized spacial score (nSPS) is 19.4. The minimum absolute atomic E-state index is 0.618. The van der Waals surface area contributed by atoms with Gasteiger partial charge in [-0.2, -0.15) is 0 Å². The topological polar surface area (TPSA) is 69.9 Å². The van der Waals surface area contributed by atoms with Gasteiger partial charge in [0.2, 0.25) is 12.8 Å². The summed E-state index contributed by atoms with van der Waals surface area (Å²) < 4.78 is 0. The van der Waals surface area contributed by atoms with Crippen LogP contribution in [0.1, 0.15) is 6.42 Å². The van der Waals surface area contributed by atoms with Crippen LogP contribution in [0.2, 0.25) is 0 Å². The number of nitrogens with two attached hydrogens (primary N) is 1. The molecule has 0 aromatic heterocycles. The molecule has 1 fully saturated rings. The Morgan fingerprint density at radius 2 is 1.35 bits per heavy atom. The molecule has 1 aliphatic rings. The lowest BCUT2D eigenvalue weighted by atomic mass is 10.3. The van der Waals surface area contributed by atoms with Gasteiger partial charge in [0.15, 0.2) is 0 Å². The van der Waals surface area contributed by atoms with Crippen LogP contribution in [0.15, 0.2) is 0 Å². The Morgan fingerprint density at radius 3 is 1.76 bits per heavy atom. The van der Waals surface area contributed by atoms with E-state index in [0.717, 1.165) is 52.0 Å². The van der Waals surface area contributed by atoms with Gasteiger partial charge in [0, 0.05) is 39.3 Å². The zero-order valence-corrected chi connectivity index (χ0v) is 10.3. The fourth-order valence-corrected chi connectivity index (χ4v) is 1.88. The molecular formula is C11H22N4O2. The number of hydrogen-bond acceptors (Lipinski definition) is 4. The molecular weight excluding hydrogens is 220 g/mol. The van der Waals surface area contributed by atoms with Gasteiger partial charge in [-0.1, -0.05) is 0 Å². The summed E-state index contributed by atoms with van der Waals surface area (Å²) in [7, 11) is 0. The van der Waals surface area contributed by atoms with Crippen molar-refractivity contribution >= 4 is 12.8 Å². The number of carbonyl (C=O) groups excluding carboxylic acids is 2. The van der Waals surface area contributed by atoms with Crippen molar-refractivity contribution < 1.29 is 9.59 Å². The third-order valence-electron chi connectivity index (χ3n) is 3.06. The summed E-state index contributed by atoms with van der Waals surface area (Å²) in [5, 5.41) is 0. The van der Waals surface area contributed by atoms with Crippen molar-refractivity contribution in [1.82, 2.24) is 14.7 Å². The minimum Gasteiger partial charge on any atom is -0.342 e. The molecule has 1 aliphatic heterocycles. The van der Waals surface area contributed by atoms with Gasteiger partial charge in [0.05, 0.1) is 0 Å². The fourth-order valence-electron chi connectivity index (χ4n) is 1.88. The summed E-state index contributed by atoms with van der Waals surface area (Å²) in [5.74, 6) is 0. The second kappa shape index (κ2) is 8.03. The molecule has 1 heterocycles. The van der Waals surface area contributed by atoms with Crippen LogP contribution in [0.5, 0.6) is 0 Å². The number of amides is 2. The van der Waals surface area contributed by atoms with E-state index >= 15 is 0 Å². The van der Waals surface area contributed by atoms with Gasteiger partial charge >= 0.3 is 0 Å². The van der Waals surface area contributed by atoms with E-state index in [1.807, 2.05) is 0 Å². The standard InChI is InChI=1S/C11H22N4O2/c12-2-1-3-13-4-6-14(10-16)8-9-15(11-17)7-5-13/h10-11H,1-9,12H2. The Bertz CT molecular complexity index is 218. The highest BCUT2D eigenvalue weighted by Crippen LogP contribution is 1.98. The first-order chi connectivity index (χ1) is 8.30. The second-order valence-electron chi connectivity index (χ2n) is 4.27. The highest BCUT2D eigenvalue weighted by Gasteiger charge is 2.13. The number of rotatable bonds is 5. The Morgan fingerprint density at radius 1 is 0.882 bits per heavy atom. The van der Waals surface area contributed by atoms with Crippen molar-refractivity contribution in [3.63, 3.8) is 0 Å². The fraction of sp³-hybridized carbons (Fsp3) is 0.818. The third-order valence-corrected chi connectivity index (χ3v) is 3.06. The molecule has 2 N–H and O–H groups in total. The molecule has 0 aromatic rings. The van der Waals surface area contributed by atoms with E-state index in [-0.39, 0.29) is 0 Å². The highest BCUT2D eigenvalue weighted by molar-refractivity contribution is 5.48. The van der Waals surface area contributed by atoms with Gasteiger partial charge in [-0.3, -0.25) is 14.5 Å². The monoisotopic (exact) mass is 242 g/mol. The van der Waals surface area contributed by atoms with Crippen molar-refractivity contribution in [3.8, 4) is 0 Å². The lowest BCUT2D eigenvalue weighted by Crippen LogP contribution is -2.36.